The summed E-state index contributed by atoms with van der Waals surface area (Å²) in [4.78, 5) is 24.5. The van der Waals surface area contributed by atoms with E-state index in [0.717, 1.165) is 57.8 Å². The van der Waals surface area contributed by atoms with Gasteiger partial charge in [0.15, 0.2) is 0 Å². The Balaban J connectivity index is 3.45. The number of unbranched alkanes of at least 4 members (excludes halogenated alkanes) is 39. The van der Waals surface area contributed by atoms with Crippen LogP contribution in [-0.4, -0.2) is 47.4 Å². The van der Waals surface area contributed by atoms with E-state index >= 15 is 0 Å². The van der Waals surface area contributed by atoms with E-state index < -0.39 is 12.1 Å². The molecule has 0 aromatic rings. The summed E-state index contributed by atoms with van der Waals surface area (Å²) < 4.78 is 5.47. The Hall–Kier alpha value is -1.40. The largest absolute Gasteiger partial charge is 0.466 e. The van der Waals surface area contributed by atoms with Crippen molar-refractivity contribution in [3.8, 4) is 0 Å². The maximum Gasteiger partial charge on any atom is 0.305 e. The van der Waals surface area contributed by atoms with Gasteiger partial charge >= 0.3 is 5.97 Å². The molecule has 0 saturated heterocycles. The summed E-state index contributed by atoms with van der Waals surface area (Å²) >= 11 is 0. The highest BCUT2D eigenvalue weighted by Gasteiger charge is 2.18. The average molecular weight is 848 g/mol. The zero-order valence-electron chi connectivity index (χ0n) is 40.5. The third-order valence-electron chi connectivity index (χ3n) is 12.6. The molecule has 0 saturated carbocycles. The monoisotopic (exact) mass is 848 g/mol. The number of rotatable bonds is 50. The first-order valence-corrected chi connectivity index (χ1v) is 27.0. The van der Waals surface area contributed by atoms with E-state index in [-0.39, 0.29) is 18.5 Å². The van der Waals surface area contributed by atoms with Crippen LogP contribution in [0.15, 0.2) is 12.2 Å². The van der Waals surface area contributed by atoms with Crippen LogP contribution in [0, 0.1) is 0 Å². The van der Waals surface area contributed by atoms with Crippen molar-refractivity contribution in [3.63, 3.8) is 0 Å². The lowest BCUT2D eigenvalue weighted by molar-refractivity contribution is -0.143. The fourth-order valence-corrected chi connectivity index (χ4v) is 8.40. The number of hydrogen-bond acceptors (Lipinski definition) is 5. The number of hydrogen-bond donors (Lipinski definition) is 3. The van der Waals surface area contributed by atoms with E-state index in [0.29, 0.717) is 19.4 Å². The minimum Gasteiger partial charge on any atom is -0.466 e. The maximum atomic E-state index is 12.4. The van der Waals surface area contributed by atoms with Gasteiger partial charge in [0, 0.05) is 12.8 Å². The summed E-state index contributed by atoms with van der Waals surface area (Å²) in [7, 11) is 0. The summed E-state index contributed by atoms with van der Waals surface area (Å²) in [5.41, 5.74) is 0. The molecule has 0 heterocycles. The van der Waals surface area contributed by atoms with Gasteiger partial charge in [-0.25, -0.2) is 0 Å². The van der Waals surface area contributed by atoms with Crippen molar-refractivity contribution < 1.29 is 24.5 Å². The molecule has 6 heteroatoms. The number of aliphatic hydroxyl groups is 2. The predicted octanol–water partition coefficient (Wildman–Crippen LogP) is 16.1. The predicted molar refractivity (Wildman–Crippen MR) is 260 cm³/mol. The second-order valence-electron chi connectivity index (χ2n) is 18.6. The maximum absolute atomic E-state index is 12.4. The van der Waals surface area contributed by atoms with Crippen LogP contribution in [0.4, 0.5) is 0 Å². The summed E-state index contributed by atoms with van der Waals surface area (Å²) in [6, 6.07) is -0.636. The van der Waals surface area contributed by atoms with Gasteiger partial charge in [0.05, 0.1) is 25.4 Å². The Morgan fingerprint density at radius 1 is 0.450 bits per heavy atom. The molecule has 2 unspecified atom stereocenters. The zero-order chi connectivity index (χ0) is 43.7. The summed E-state index contributed by atoms with van der Waals surface area (Å²) in [5.74, 6) is -0.0826. The Bertz CT molecular complexity index is 893. The van der Waals surface area contributed by atoms with E-state index in [2.05, 4.69) is 19.2 Å². The standard InChI is InChI=1S/C54H105NO5/c1-3-5-7-9-11-13-15-17-19-20-24-28-32-36-40-44-48-54(59)60-49-45-41-37-33-29-25-21-23-27-31-35-39-43-47-53(58)55-51(50-56)52(57)46-42-38-34-30-26-22-18-16-14-12-10-8-6-4-2/h42,46,51-52,56-57H,3-41,43-45,47-50H2,1-2H3,(H,55,58)/b46-42+. The van der Waals surface area contributed by atoms with Gasteiger partial charge in [-0.2, -0.15) is 0 Å². The van der Waals surface area contributed by atoms with E-state index in [1.807, 2.05) is 6.08 Å². The Morgan fingerprint density at radius 2 is 0.767 bits per heavy atom. The average Bonchev–Trinajstić information content (AvgIpc) is 3.25. The van der Waals surface area contributed by atoms with E-state index in [9.17, 15) is 19.8 Å². The lowest BCUT2D eigenvalue weighted by Gasteiger charge is -2.20. The highest BCUT2D eigenvalue weighted by Crippen LogP contribution is 2.17. The number of esters is 1. The lowest BCUT2D eigenvalue weighted by Crippen LogP contribution is -2.45. The highest BCUT2D eigenvalue weighted by molar-refractivity contribution is 5.76. The SMILES string of the molecule is CCCCCCCCCCCCCC/C=C/C(O)C(CO)NC(=O)CCCCCCCCCCCCCCCOC(=O)CCCCCCCCCCCCCCCCCC. The normalized spacial score (nSPS) is 12.7. The number of ether oxygens (including phenoxy) is 1. The van der Waals surface area contributed by atoms with Crippen LogP contribution in [0.3, 0.4) is 0 Å². The van der Waals surface area contributed by atoms with Gasteiger partial charge in [0.1, 0.15) is 0 Å². The number of carbonyl (C=O) groups is 2. The number of nitrogens with one attached hydrogen (secondary N) is 1. The van der Waals surface area contributed by atoms with Crippen molar-refractivity contribution in [1.82, 2.24) is 5.32 Å². The molecule has 0 aliphatic carbocycles. The van der Waals surface area contributed by atoms with Crippen molar-refractivity contribution >= 4 is 11.9 Å². The van der Waals surface area contributed by atoms with Gasteiger partial charge < -0.3 is 20.3 Å². The third-order valence-corrected chi connectivity index (χ3v) is 12.6. The number of allylic oxidation sites excluding steroid dienone is 1. The molecule has 0 spiro atoms. The van der Waals surface area contributed by atoms with Crippen molar-refractivity contribution in [2.45, 2.75) is 309 Å². The van der Waals surface area contributed by atoms with Gasteiger partial charge in [0.25, 0.3) is 0 Å². The third kappa shape index (κ3) is 46.1. The zero-order valence-corrected chi connectivity index (χ0v) is 40.5. The van der Waals surface area contributed by atoms with Crippen LogP contribution in [0.2, 0.25) is 0 Å². The molecule has 0 aliphatic rings. The van der Waals surface area contributed by atoms with E-state index in [4.69, 9.17) is 4.74 Å². The number of aliphatic hydroxyl groups excluding tert-OH is 2. The molecule has 0 aromatic heterocycles. The summed E-state index contributed by atoms with van der Waals surface area (Å²) in [6.07, 6.45) is 57.8. The van der Waals surface area contributed by atoms with Crippen molar-refractivity contribution in [3.05, 3.63) is 12.2 Å². The molecule has 0 rings (SSSR count). The topological polar surface area (TPSA) is 95.9 Å². The minimum absolute atomic E-state index is 0.00320. The summed E-state index contributed by atoms with van der Waals surface area (Å²) in [6.45, 7) is 4.89. The molecule has 1 amide bonds. The molecule has 6 nitrogen and oxygen atoms in total. The van der Waals surface area contributed by atoms with Crippen LogP contribution in [0.5, 0.6) is 0 Å². The fourth-order valence-electron chi connectivity index (χ4n) is 8.40. The molecule has 60 heavy (non-hydrogen) atoms. The molecular formula is C54H105NO5. The van der Waals surface area contributed by atoms with E-state index in [1.54, 1.807) is 6.08 Å². The second-order valence-corrected chi connectivity index (χ2v) is 18.6. The van der Waals surface area contributed by atoms with Crippen molar-refractivity contribution in [2.75, 3.05) is 13.2 Å². The van der Waals surface area contributed by atoms with E-state index in [1.165, 1.54) is 212 Å². The van der Waals surface area contributed by atoms with Crippen LogP contribution < -0.4 is 5.32 Å². The smallest absolute Gasteiger partial charge is 0.305 e. The molecule has 356 valence electrons. The molecule has 0 fully saturated rings. The van der Waals surface area contributed by atoms with Crippen LogP contribution >= 0.6 is 0 Å². The number of amides is 1. The van der Waals surface area contributed by atoms with Crippen LogP contribution in [0.1, 0.15) is 296 Å². The fraction of sp³-hybridized carbons (Fsp3) is 0.926. The molecule has 0 bridgehead atoms. The number of carbonyl (C=O) groups excluding carboxylic acids is 2. The first-order valence-electron chi connectivity index (χ1n) is 27.0. The molecule has 3 N–H and O–H groups in total. The van der Waals surface area contributed by atoms with Crippen molar-refractivity contribution in [1.29, 1.82) is 0 Å². The van der Waals surface area contributed by atoms with Gasteiger partial charge in [-0.3, -0.25) is 9.59 Å². The van der Waals surface area contributed by atoms with Gasteiger partial charge in [0.2, 0.25) is 5.91 Å². The quantitative estimate of drug-likeness (QED) is 0.0322. The Kier molecular flexibility index (Phi) is 49.1. The molecule has 2 atom stereocenters. The Morgan fingerprint density at radius 3 is 1.13 bits per heavy atom. The van der Waals surface area contributed by atoms with Crippen LogP contribution in [0.25, 0.3) is 0 Å². The Labute approximate surface area is 374 Å². The second kappa shape index (κ2) is 50.2. The van der Waals surface area contributed by atoms with Gasteiger partial charge in [-0.05, 0) is 32.1 Å². The summed E-state index contributed by atoms with van der Waals surface area (Å²) in [5, 5.41) is 23.0. The van der Waals surface area contributed by atoms with Gasteiger partial charge in [-0.15, -0.1) is 0 Å². The first kappa shape index (κ1) is 58.6. The molecule has 0 radical (unpaired) electrons. The van der Waals surface area contributed by atoms with Gasteiger partial charge in [-0.1, -0.05) is 264 Å². The minimum atomic E-state index is -0.851. The van der Waals surface area contributed by atoms with Crippen molar-refractivity contribution in [2.24, 2.45) is 0 Å². The molecular weight excluding hydrogens is 743 g/mol. The lowest BCUT2D eigenvalue weighted by atomic mass is 10.0. The molecule has 0 aliphatic heterocycles. The molecule has 0 aromatic carbocycles. The first-order chi connectivity index (χ1) is 29.5. The highest BCUT2D eigenvalue weighted by atomic mass is 16.5. The van der Waals surface area contributed by atoms with Crippen LogP contribution in [-0.2, 0) is 14.3 Å².